The van der Waals surface area contributed by atoms with E-state index in [2.05, 4.69) is 10.6 Å². The molecule has 6 heteroatoms. The third-order valence-corrected chi connectivity index (χ3v) is 3.75. The lowest BCUT2D eigenvalue weighted by molar-refractivity contribution is -0.120. The van der Waals surface area contributed by atoms with Crippen LogP contribution >= 0.6 is 0 Å². The summed E-state index contributed by atoms with van der Waals surface area (Å²) in [6.45, 7) is 3.26. The fourth-order valence-electron chi connectivity index (χ4n) is 2.46. The molecule has 0 bridgehead atoms. The van der Waals surface area contributed by atoms with Gasteiger partial charge in [-0.15, -0.1) is 0 Å². The van der Waals surface area contributed by atoms with Crippen LogP contribution in [0.25, 0.3) is 0 Å². The van der Waals surface area contributed by atoms with Crippen LogP contribution in [-0.4, -0.2) is 37.4 Å². The van der Waals surface area contributed by atoms with Crippen LogP contribution in [0.1, 0.15) is 43.0 Å². The van der Waals surface area contributed by atoms with Gasteiger partial charge < -0.3 is 15.5 Å². The third kappa shape index (κ3) is 4.81. The van der Waals surface area contributed by atoms with Gasteiger partial charge in [-0.25, -0.2) is 0 Å². The first-order valence-electron chi connectivity index (χ1n) is 8.07. The zero-order chi connectivity index (χ0) is 16.7. The third-order valence-electron chi connectivity index (χ3n) is 3.75. The van der Waals surface area contributed by atoms with E-state index in [4.69, 9.17) is 0 Å². The Hall–Kier alpha value is -2.37. The highest BCUT2D eigenvalue weighted by Gasteiger charge is 2.19. The van der Waals surface area contributed by atoms with Gasteiger partial charge in [-0.05, 0) is 43.5 Å². The van der Waals surface area contributed by atoms with Crippen molar-refractivity contribution in [1.82, 2.24) is 10.6 Å². The van der Waals surface area contributed by atoms with Crippen LogP contribution in [0.5, 0.6) is 0 Å². The van der Waals surface area contributed by atoms with Crippen molar-refractivity contribution in [1.29, 1.82) is 0 Å². The highest BCUT2D eigenvalue weighted by Crippen LogP contribution is 2.21. The standard InChI is InChI=1S/C17H23N3O3/c1-2-10-18-15(21)12-19-17(23)13-6-8-14(9-7-13)20-11-4-3-5-16(20)22/h6-9H,2-5,10-12H2,1H3,(H,18,21)(H,19,23). The van der Waals surface area contributed by atoms with E-state index in [9.17, 15) is 14.4 Å². The largest absolute Gasteiger partial charge is 0.355 e. The average Bonchev–Trinajstić information content (AvgIpc) is 2.58. The molecular weight excluding hydrogens is 294 g/mol. The fourth-order valence-corrected chi connectivity index (χ4v) is 2.46. The number of piperidine rings is 1. The van der Waals surface area contributed by atoms with Crippen molar-refractivity contribution >= 4 is 23.4 Å². The van der Waals surface area contributed by atoms with Crippen molar-refractivity contribution in [2.75, 3.05) is 24.5 Å². The second-order valence-corrected chi connectivity index (χ2v) is 5.58. The normalized spacial score (nSPS) is 14.5. The van der Waals surface area contributed by atoms with E-state index in [1.54, 1.807) is 29.2 Å². The minimum Gasteiger partial charge on any atom is -0.355 e. The van der Waals surface area contributed by atoms with Crippen LogP contribution < -0.4 is 15.5 Å². The first-order valence-corrected chi connectivity index (χ1v) is 8.07. The van der Waals surface area contributed by atoms with Crippen molar-refractivity contribution in [2.24, 2.45) is 0 Å². The minimum absolute atomic E-state index is 0.0365. The predicted molar refractivity (Wildman–Crippen MR) is 88.3 cm³/mol. The molecule has 3 amide bonds. The molecule has 1 aliphatic rings. The van der Waals surface area contributed by atoms with Gasteiger partial charge in [0.2, 0.25) is 11.8 Å². The number of amides is 3. The summed E-state index contributed by atoms with van der Waals surface area (Å²) in [5.41, 5.74) is 1.29. The molecule has 2 N–H and O–H groups in total. The Bertz CT molecular complexity index is 569. The van der Waals surface area contributed by atoms with E-state index >= 15 is 0 Å². The predicted octanol–water partition coefficient (Wildman–Crippen LogP) is 1.46. The van der Waals surface area contributed by atoms with E-state index in [1.807, 2.05) is 6.92 Å². The quantitative estimate of drug-likeness (QED) is 0.834. The molecule has 1 aromatic rings. The lowest BCUT2D eigenvalue weighted by Gasteiger charge is -2.26. The van der Waals surface area contributed by atoms with Crippen molar-refractivity contribution in [2.45, 2.75) is 32.6 Å². The number of rotatable bonds is 6. The van der Waals surface area contributed by atoms with Gasteiger partial charge in [-0.3, -0.25) is 14.4 Å². The first kappa shape index (κ1) is 17.0. The van der Waals surface area contributed by atoms with Gasteiger partial charge in [0, 0.05) is 30.8 Å². The van der Waals surface area contributed by atoms with E-state index in [0.29, 0.717) is 18.5 Å². The number of benzene rings is 1. The van der Waals surface area contributed by atoms with Gasteiger partial charge >= 0.3 is 0 Å². The van der Waals surface area contributed by atoms with E-state index in [1.165, 1.54) is 0 Å². The zero-order valence-electron chi connectivity index (χ0n) is 13.4. The van der Waals surface area contributed by atoms with Crippen LogP contribution in [0.15, 0.2) is 24.3 Å². The van der Waals surface area contributed by atoms with E-state index in [0.717, 1.165) is 31.5 Å². The Morgan fingerprint density at radius 2 is 1.87 bits per heavy atom. The van der Waals surface area contributed by atoms with Gasteiger partial charge in [-0.1, -0.05) is 6.92 Å². The maximum Gasteiger partial charge on any atom is 0.251 e. The number of nitrogens with zero attached hydrogens (tertiary/aromatic N) is 1. The molecular formula is C17H23N3O3. The molecule has 0 aliphatic carbocycles. The second kappa shape index (κ2) is 8.31. The summed E-state index contributed by atoms with van der Waals surface area (Å²) < 4.78 is 0. The van der Waals surface area contributed by atoms with Crippen LogP contribution in [-0.2, 0) is 9.59 Å². The number of hydrogen-bond acceptors (Lipinski definition) is 3. The Morgan fingerprint density at radius 3 is 2.52 bits per heavy atom. The molecule has 1 heterocycles. The summed E-state index contributed by atoms with van der Waals surface area (Å²) in [6, 6.07) is 6.90. The molecule has 2 rings (SSSR count). The lowest BCUT2D eigenvalue weighted by atomic mass is 10.1. The molecule has 1 aliphatic heterocycles. The molecule has 0 saturated carbocycles. The maximum atomic E-state index is 12.0. The van der Waals surface area contributed by atoms with E-state index < -0.39 is 0 Å². The Balaban J connectivity index is 1.89. The number of carbonyl (C=O) groups is 3. The van der Waals surface area contributed by atoms with Gasteiger partial charge in [0.25, 0.3) is 5.91 Å². The maximum absolute atomic E-state index is 12.0. The number of nitrogens with one attached hydrogen (secondary N) is 2. The monoisotopic (exact) mass is 317 g/mol. The molecule has 1 saturated heterocycles. The molecule has 0 unspecified atom stereocenters. The van der Waals surface area contributed by atoms with Crippen molar-refractivity contribution in [3.8, 4) is 0 Å². The molecule has 23 heavy (non-hydrogen) atoms. The summed E-state index contributed by atoms with van der Waals surface area (Å²) in [4.78, 5) is 37.1. The van der Waals surface area contributed by atoms with Crippen LogP contribution in [0, 0.1) is 0 Å². The van der Waals surface area contributed by atoms with Crippen LogP contribution in [0.2, 0.25) is 0 Å². The van der Waals surface area contributed by atoms with Gasteiger partial charge in [-0.2, -0.15) is 0 Å². The zero-order valence-corrected chi connectivity index (χ0v) is 13.4. The topological polar surface area (TPSA) is 78.5 Å². The smallest absolute Gasteiger partial charge is 0.251 e. The van der Waals surface area contributed by atoms with Crippen LogP contribution in [0.4, 0.5) is 5.69 Å². The van der Waals surface area contributed by atoms with Gasteiger partial charge in [0.1, 0.15) is 0 Å². The van der Waals surface area contributed by atoms with Crippen LogP contribution in [0.3, 0.4) is 0 Å². The molecule has 1 aromatic carbocycles. The summed E-state index contributed by atoms with van der Waals surface area (Å²) in [5, 5.41) is 5.28. The number of carbonyl (C=O) groups excluding carboxylic acids is 3. The van der Waals surface area contributed by atoms with Crippen molar-refractivity contribution < 1.29 is 14.4 Å². The highest BCUT2D eigenvalue weighted by molar-refractivity contribution is 5.98. The van der Waals surface area contributed by atoms with E-state index in [-0.39, 0.29) is 24.3 Å². The minimum atomic E-state index is -0.298. The van der Waals surface area contributed by atoms with Crippen molar-refractivity contribution in [3.63, 3.8) is 0 Å². The molecule has 124 valence electrons. The number of anilines is 1. The second-order valence-electron chi connectivity index (χ2n) is 5.58. The van der Waals surface area contributed by atoms with Gasteiger partial charge in [0.15, 0.2) is 0 Å². The Kier molecular flexibility index (Phi) is 6.14. The molecule has 0 atom stereocenters. The summed E-state index contributed by atoms with van der Waals surface area (Å²) in [5.74, 6) is -0.370. The highest BCUT2D eigenvalue weighted by atomic mass is 16.2. The molecule has 6 nitrogen and oxygen atoms in total. The van der Waals surface area contributed by atoms with Gasteiger partial charge in [0.05, 0.1) is 6.54 Å². The molecule has 0 aromatic heterocycles. The molecule has 0 radical (unpaired) electrons. The summed E-state index contributed by atoms with van der Waals surface area (Å²) >= 11 is 0. The summed E-state index contributed by atoms with van der Waals surface area (Å²) in [7, 11) is 0. The molecule has 1 fully saturated rings. The van der Waals surface area contributed by atoms with Crippen molar-refractivity contribution in [3.05, 3.63) is 29.8 Å². The number of hydrogen-bond donors (Lipinski definition) is 2. The first-order chi connectivity index (χ1) is 11.1. The average molecular weight is 317 g/mol. The fraction of sp³-hybridized carbons (Fsp3) is 0.471. The Labute approximate surface area is 136 Å². The Morgan fingerprint density at radius 1 is 1.13 bits per heavy atom. The molecule has 0 spiro atoms. The lowest BCUT2D eigenvalue weighted by Crippen LogP contribution is -2.37. The SMILES string of the molecule is CCCNC(=O)CNC(=O)c1ccc(N2CCCCC2=O)cc1. The summed E-state index contributed by atoms with van der Waals surface area (Å²) in [6.07, 6.45) is 3.38.